The van der Waals surface area contributed by atoms with Crippen LogP contribution in [0.3, 0.4) is 0 Å². The molecule has 0 bridgehead atoms. The number of benzene rings is 2. The zero-order chi connectivity index (χ0) is 14.8. The lowest BCUT2D eigenvalue weighted by Gasteiger charge is -2.14. The number of hydrogen-bond donors (Lipinski definition) is 1. The fourth-order valence-electron chi connectivity index (χ4n) is 2.43. The standard InChI is InChI=1S/C17H17N3S/c1-12(16(18)21)11-20-15-10-6-5-9-14(15)19-17(20)13-7-3-2-4-8-13/h2-10,12H,11H2,1H3,(H2,18,21). The van der Waals surface area contributed by atoms with Crippen molar-refractivity contribution in [2.75, 3.05) is 0 Å². The summed E-state index contributed by atoms with van der Waals surface area (Å²) in [7, 11) is 0. The summed E-state index contributed by atoms with van der Waals surface area (Å²) in [6.07, 6.45) is 0. The van der Waals surface area contributed by atoms with Gasteiger partial charge in [0, 0.05) is 18.0 Å². The summed E-state index contributed by atoms with van der Waals surface area (Å²) in [4.78, 5) is 5.31. The predicted octanol–water partition coefficient (Wildman–Crippen LogP) is 3.63. The molecule has 2 aromatic carbocycles. The van der Waals surface area contributed by atoms with Crippen molar-refractivity contribution in [1.29, 1.82) is 0 Å². The molecule has 0 amide bonds. The van der Waals surface area contributed by atoms with Crippen molar-refractivity contribution >= 4 is 28.2 Å². The molecule has 21 heavy (non-hydrogen) atoms. The number of aromatic nitrogens is 2. The second-order valence-electron chi connectivity index (χ2n) is 5.20. The van der Waals surface area contributed by atoms with E-state index in [2.05, 4.69) is 22.8 Å². The lowest BCUT2D eigenvalue weighted by atomic mass is 10.1. The summed E-state index contributed by atoms with van der Waals surface area (Å²) in [5.41, 5.74) is 8.99. The Balaban J connectivity index is 2.17. The number of rotatable bonds is 4. The van der Waals surface area contributed by atoms with Crippen molar-refractivity contribution in [3.8, 4) is 11.4 Å². The molecule has 0 radical (unpaired) electrons. The van der Waals surface area contributed by atoms with Gasteiger partial charge in [-0.1, -0.05) is 61.6 Å². The molecule has 0 aliphatic carbocycles. The Bertz CT molecular complexity index is 777. The maximum absolute atomic E-state index is 5.78. The molecule has 4 heteroatoms. The van der Waals surface area contributed by atoms with Crippen LogP contribution in [0.15, 0.2) is 54.6 Å². The molecule has 0 fully saturated rings. The average molecular weight is 295 g/mol. The van der Waals surface area contributed by atoms with E-state index in [1.54, 1.807) is 0 Å². The van der Waals surface area contributed by atoms with Crippen molar-refractivity contribution in [3.63, 3.8) is 0 Å². The van der Waals surface area contributed by atoms with Gasteiger partial charge in [-0.05, 0) is 12.1 Å². The van der Waals surface area contributed by atoms with Gasteiger partial charge in [0.1, 0.15) is 5.82 Å². The van der Waals surface area contributed by atoms with Crippen molar-refractivity contribution in [1.82, 2.24) is 9.55 Å². The highest BCUT2D eigenvalue weighted by Gasteiger charge is 2.15. The first-order valence-electron chi connectivity index (χ1n) is 6.97. The van der Waals surface area contributed by atoms with Gasteiger partial charge in [-0.15, -0.1) is 0 Å². The van der Waals surface area contributed by atoms with Crippen molar-refractivity contribution in [2.24, 2.45) is 11.7 Å². The number of para-hydroxylation sites is 2. The lowest BCUT2D eigenvalue weighted by molar-refractivity contribution is 0.617. The summed E-state index contributed by atoms with van der Waals surface area (Å²) in [5, 5.41) is 0. The fourth-order valence-corrected chi connectivity index (χ4v) is 2.51. The normalized spacial score (nSPS) is 12.4. The van der Waals surface area contributed by atoms with E-state index in [1.165, 1.54) is 0 Å². The molecule has 106 valence electrons. The number of hydrogen-bond acceptors (Lipinski definition) is 2. The zero-order valence-corrected chi connectivity index (χ0v) is 12.7. The Morgan fingerprint density at radius 1 is 1.14 bits per heavy atom. The molecule has 1 aromatic heterocycles. The monoisotopic (exact) mass is 295 g/mol. The highest BCUT2D eigenvalue weighted by Crippen LogP contribution is 2.25. The summed E-state index contributed by atoms with van der Waals surface area (Å²) in [5.74, 6) is 1.08. The van der Waals surface area contributed by atoms with Gasteiger partial charge in [-0.2, -0.15) is 0 Å². The summed E-state index contributed by atoms with van der Waals surface area (Å²) >= 11 is 5.12. The molecule has 1 atom stereocenters. The zero-order valence-electron chi connectivity index (χ0n) is 11.9. The van der Waals surface area contributed by atoms with Crippen LogP contribution in [0.25, 0.3) is 22.4 Å². The predicted molar refractivity (Wildman–Crippen MR) is 91.1 cm³/mol. The molecule has 0 aliphatic rings. The summed E-state index contributed by atoms with van der Waals surface area (Å²) in [6, 6.07) is 18.4. The topological polar surface area (TPSA) is 43.8 Å². The summed E-state index contributed by atoms with van der Waals surface area (Å²) in [6.45, 7) is 2.78. The van der Waals surface area contributed by atoms with Gasteiger partial charge < -0.3 is 10.3 Å². The van der Waals surface area contributed by atoms with Gasteiger partial charge in [0.05, 0.1) is 16.0 Å². The second kappa shape index (κ2) is 5.66. The number of thiocarbonyl (C=S) groups is 1. The number of fused-ring (bicyclic) bond motifs is 1. The van der Waals surface area contributed by atoms with Crippen LogP contribution < -0.4 is 5.73 Å². The van der Waals surface area contributed by atoms with E-state index in [4.69, 9.17) is 22.9 Å². The smallest absolute Gasteiger partial charge is 0.141 e. The minimum absolute atomic E-state index is 0.125. The quantitative estimate of drug-likeness (QED) is 0.748. The van der Waals surface area contributed by atoms with E-state index < -0.39 is 0 Å². The highest BCUT2D eigenvalue weighted by atomic mass is 32.1. The van der Waals surface area contributed by atoms with E-state index in [9.17, 15) is 0 Å². The molecule has 0 aliphatic heterocycles. The van der Waals surface area contributed by atoms with Crippen molar-refractivity contribution < 1.29 is 0 Å². The number of imidazole rings is 1. The maximum atomic E-state index is 5.78. The van der Waals surface area contributed by atoms with Crippen LogP contribution in [0, 0.1) is 5.92 Å². The van der Waals surface area contributed by atoms with Gasteiger partial charge in [-0.25, -0.2) is 4.98 Å². The number of nitrogens with zero attached hydrogens (tertiary/aromatic N) is 2. The number of nitrogens with two attached hydrogens (primary N) is 1. The van der Waals surface area contributed by atoms with Crippen LogP contribution >= 0.6 is 12.2 Å². The Morgan fingerprint density at radius 3 is 2.52 bits per heavy atom. The van der Waals surface area contributed by atoms with Crippen molar-refractivity contribution in [2.45, 2.75) is 13.5 Å². The molecule has 3 rings (SSSR count). The molecule has 3 aromatic rings. The Hall–Kier alpha value is -2.20. The van der Waals surface area contributed by atoms with Crippen molar-refractivity contribution in [3.05, 3.63) is 54.6 Å². The van der Waals surface area contributed by atoms with Crippen LogP contribution in [0.1, 0.15) is 6.92 Å². The third-order valence-corrected chi connectivity index (χ3v) is 4.03. The first kappa shape index (κ1) is 13.8. The molecule has 2 N–H and O–H groups in total. The fraction of sp³-hybridized carbons (Fsp3) is 0.176. The molecule has 0 saturated heterocycles. The van der Waals surface area contributed by atoms with E-state index in [-0.39, 0.29) is 5.92 Å². The SMILES string of the molecule is CC(Cn1c(-c2ccccc2)nc2ccccc21)C(N)=S. The molecule has 0 saturated carbocycles. The largest absolute Gasteiger partial charge is 0.393 e. The lowest BCUT2D eigenvalue weighted by Crippen LogP contribution is -2.23. The average Bonchev–Trinajstić information content (AvgIpc) is 2.87. The summed E-state index contributed by atoms with van der Waals surface area (Å²) < 4.78 is 2.20. The minimum atomic E-state index is 0.125. The molecular formula is C17H17N3S. The Kier molecular flexibility index (Phi) is 3.71. The third-order valence-electron chi connectivity index (χ3n) is 3.63. The Labute approximate surface area is 129 Å². The van der Waals surface area contributed by atoms with Gasteiger partial charge in [-0.3, -0.25) is 0 Å². The van der Waals surface area contributed by atoms with E-state index >= 15 is 0 Å². The molecule has 3 nitrogen and oxygen atoms in total. The molecule has 1 unspecified atom stereocenters. The van der Waals surface area contributed by atoms with E-state index in [1.807, 2.05) is 43.3 Å². The highest BCUT2D eigenvalue weighted by molar-refractivity contribution is 7.80. The van der Waals surface area contributed by atoms with Crippen LogP contribution in [-0.2, 0) is 6.54 Å². The maximum Gasteiger partial charge on any atom is 0.141 e. The van der Waals surface area contributed by atoms with Gasteiger partial charge >= 0.3 is 0 Å². The van der Waals surface area contributed by atoms with Crippen LogP contribution in [0.2, 0.25) is 0 Å². The van der Waals surface area contributed by atoms with Gasteiger partial charge in [0.2, 0.25) is 0 Å². The van der Waals surface area contributed by atoms with Gasteiger partial charge in [0.15, 0.2) is 0 Å². The molecular weight excluding hydrogens is 278 g/mol. The molecule has 0 spiro atoms. The Morgan fingerprint density at radius 2 is 1.81 bits per heavy atom. The van der Waals surface area contributed by atoms with Crippen LogP contribution in [0.4, 0.5) is 0 Å². The first-order valence-corrected chi connectivity index (χ1v) is 7.37. The second-order valence-corrected chi connectivity index (χ2v) is 5.68. The minimum Gasteiger partial charge on any atom is -0.393 e. The first-order chi connectivity index (χ1) is 10.2. The molecule has 1 heterocycles. The third kappa shape index (κ3) is 2.67. The van der Waals surface area contributed by atoms with Gasteiger partial charge in [0.25, 0.3) is 0 Å². The van der Waals surface area contributed by atoms with Crippen LogP contribution in [-0.4, -0.2) is 14.5 Å². The van der Waals surface area contributed by atoms with E-state index in [0.29, 0.717) is 4.99 Å². The van der Waals surface area contributed by atoms with E-state index in [0.717, 1.165) is 29.0 Å². The van der Waals surface area contributed by atoms with Crippen LogP contribution in [0.5, 0.6) is 0 Å².